The van der Waals surface area contributed by atoms with Crippen LogP contribution in [-0.4, -0.2) is 18.0 Å². The number of carbonyl (C=O) groups is 2. The highest BCUT2D eigenvalue weighted by molar-refractivity contribution is 5.93. The van der Waals surface area contributed by atoms with E-state index in [2.05, 4.69) is 15.8 Å². The summed E-state index contributed by atoms with van der Waals surface area (Å²) in [6.45, 7) is 2.45. The molecule has 0 radical (unpaired) electrons. The lowest BCUT2D eigenvalue weighted by Crippen LogP contribution is -2.20. The Morgan fingerprint density at radius 1 is 0.938 bits per heavy atom. The fourth-order valence-electron chi connectivity index (χ4n) is 2.78. The fraction of sp³-hybridized carbons (Fsp3) is 0.160. The Balaban J connectivity index is 1.45. The molecular weight excluding hydrogens is 409 g/mol. The molecule has 2 N–H and O–H groups in total. The molecule has 2 amide bonds. The lowest BCUT2D eigenvalue weighted by atomic mass is 10.1. The van der Waals surface area contributed by atoms with Gasteiger partial charge in [-0.2, -0.15) is 5.10 Å². The largest absolute Gasteiger partial charge is 0.488 e. The average molecular weight is 433 g/mol. The quantitative estimate of drug-likeness (QED) is 0.383. The molecule has 0 aliphatic rings. The zero-order valence-electron chi connectivity index (χ0n) is 17.7. The highest BCUT2D eigenvalue weighted by Crippen LogP contribution is 2.18. The van der Waals surface area contributed by atoms with E-state index < -0.39 is 5.91 Å². The fourth-order valence-corrected chi connectivity index (χ4v) is 2.78. The Morgan fingerprint density at radius 3 is 2.38 bits per heavy atom. The second-order valence-corrected chi connectivity index (χ2v) is 7.16. The van der Waals surface area contributed by atoms with Gasteiger partial charge in [0.1, 0.15) is 18.2 Å². The van der Waals surface area contributed by atoms with E-state index in [1.54, 1.807) is 0 Å². The van der Waals surface area contributed by atoms with Crippen LogP contribution in [0, 0.1) is 12.7 Å². The Morgan fingerprint density at radius 2 is 1.62 bits per heavy atom. The van der Waals surface area contributed by atoms with Crippen LogP contribution < -0.4 is 15.5 Å². The highest BCUT2D eigenvalue weighted by Gasteiger charge is 2.07. The molecular formula is C25H24FN3O3. The Hall–Kier alpha value is -4.00. The molecule has 0 fully saturated rings. The van der Waals surface area contributed by atoms with Crippen LogP contribution in [-0.2, 0) is 16.2 Å². The number of ether oxygens (including phenoxy) is 1. The van der Waals surface area contributed by atoms with E-state index in [0.29, 0.717) is 23.6 Å². The van der Waals surface area contributed by atoms with Crippen LogP contribution >= 0.6 is 0 Å². The molecule has 0 saturated carbocycles. The Bertz CT molecular complexity index is 1080. The van der Waals surface area contributed by atoms with Gasteiger partial charge in [-0.15, -0.1) is 0 Å². The standard InChI is InChI=1S/C25H24FN3O3/c1-18-6-8-19(9-7-18)17-32-23-5-3-2-4-20(23)16-27-29-25(31)15-14-24(30)28-22-12-10-21(26)11-13-22/h2-13,16H,14-15,17H2,1H3,(H,28,30)(H,29,31). The number of hydrazone groups is 1. The molecule has 0 atom stereocenters. The van der Waals surface area contributed by atoms with Crippen LogP contribution in [0.5, 0.6) is 5.75 Å². The smallest absolute Gasteiger partial charge is 0.240 e. The lowest BCUT2D eigenvalue weighted by molar-refractivity contribution is -0.124. The second kappa shape index (κ2) is 11.4. The third kappa shape index (κ3) is 7.36. The number of para-hydroxylation sites is 1. The predicted molar refractivity (Wildman–Crippen MR) is 122 cm³/mol. The monoisotopic (exact) mass is 433 g/mol. The molecule has 164 valence electrons. The molecule has 0 unspecified atom stereocenters. The molecule has 0 heterocycles. The molecule has 0 aliphatic heterocycles. The highest BCUT2D eigenvalue weighted by atomic mass is 19.1. The van der Waals surface area contributed by atoms with Gasteiger partial charge in [-0.25, -0.2) is 9.82 Å². The van der Waals surface area contributed by atoms with E-state index >= 15 is 0 Å². The van der Waals surface area contributed by atoms with Crippen molar-refractivity contribution in [2.45, 2.75) is 26.4 Å². The minimum atomic E-state index is -0.395. The normalized spacial score (nSPS) is 10.7. The summed E-state index contributed by atoms with van der Waals surface area (Å²) in [7, 11) is 0. The molecule has 0 saturated heterocycles. The van der Waals surface area contributed by atoms with Gasteiger partial charge in [0.05, 0.1) is 6.21 Å². The van der Waals surface area contributed by atoms with E-state index in [-0.39, 0.29) is 24.6 Å². The van der Waals surface area contributed by atoms with Crippen molar-refractivity contribution in [3.05, 3.63) is 95.3 Å². The van der Waals surface area contributed by atoms with Gasteiger partial charge in [0.25, 0.3) is 0 Å². The van der Waals surface area contributed by atoms with Gasteiger partial charge >= 0.3 is 0 Å². The van der Waals surface area contributed by atoms with Gasteiger partial charge in [0.15, 0.2) is 0 Å². The van der Waals surface area contributed by atoms with Crippen molar-refractivity contribution in [1.82, 2.24) is 5.43 Å². The molecule has 0 aromatic heterocycles. The minimum Gasteiger partial charge on any atom is -0.488 e. The summed E-state index contributed by atoms with van der Waals surface area (Å²) in [5.41, 5.74) is 5.83. The number of rotatable bonds is 9. The van der Waals surface area contributed by atoms with Crippen LogP contribution in [0.4, 0.5) is 10.1 Å². The SMILES string of the molecule is Cc1ccc(COc2ccccc2C=NNC(=O)CCC(=O)Nc2ccc(F)cc2)cc1. The topological polar surface area (TPSA) is 79.8 Å². The number of hydrogen-bond acceptors (Lipinski definition) is 4. The molecule has 0 bridgehead atoms. The van der Waals surface area contributed by atoms with Crippen molar-refractivity contribution in [2.75, 3.05) is 5.32 Å². The van der Waals surface area contributed by atoms with Crippen LogP contribution in [0.3, 0.4) is 0 Å². The van der Waals surface area contributed by atoms with Crippen molar-refractivity contribution in [2.24, 2.45) is 5.10 Å². The van der Waals surface area contributed by atoms with Crippen molar-refractivity contribution >= 4 is 23.7 Å². The molecule has 0 spiro atoms. The van der Waals surface area contributed by atoms with E-state index in [9.17, 15) is 14.0 Å². The number of hydrogen-bond donors (Lipinski definition) is 2. The van der Waals surface area contributed by atoms with Crippen LogP contribution in [0.15, 0.2) is 77.9 Å². The van der Waals surface area contributed by atoms with Gasteiger partial charge in [-0.3, -0.25) is 9.59 Å². The Labute approximate surface area is 186 Å². The molecule has 3 rings (SSSR count). The van der Waals surface area contributed by atoms with Gasteiger partial charge in [-0.1, -0.05) is 42.0 Å². The van der Waals surface area contributed by atoms with E-state index in [1.165, 1.54) is 36.0 Å². The summed E-state index contributed by atoms with van der Waals surface area (Å²) in [5, 5.41) is 6.57. The number of benzene rings is 3. The summed E-state index contributed by atoms with van der Waals surface area (Å²) in [4.78, 5) is 23.9. The van der Waals surface area contributed by atoms with Crippen molar-refractivity contribution < 1.29 is 18.7 Å². The van der Waals surface area contributed by atoms with Gasteiger partial charge in [-0.05, 0) is 48.9 Å². The van der Waals surface area contributed by atoms with Gasteiger partial charge < -0.3 is 10.1 Å². The average Bonchev–Trinajstić information content (AvgIpc) is 2.80. The van der Waals surface area contributed by atoms with E-state index in [0.717, 1.165) is 5.56 Å². The first-order chi connectivity index (χ1) is 15.5. The zero-order valence-corrected chi connectivity index (χ0v) is 17.7. The van der Waals surface area contributed by atoms with E-state index in [4.69, 9.17) is 4.74 Å². The summed E-state index contributed by atoms with van der Waals surface area (Å²) in [5.74, 6) is -0.480. The molecule has 0 aliphatic carbocycles. The van der Waals surface area contributed by atoms with Crippen molar-refractivity contribution in [3.8, 4) is 5.75 Å². The number of aryl methyl sites for hydroxylation is 1. The molecule has 6 nitrogen and oxygen atoms in total. The number of nitrogens with one attached hydrogen (secondary N) is 2. The van der Waals surface area contributed by atoms with Crippen LogP contribution in [0.25, 0.3) is 0 Å². The van der Waals surface area contributed by atoms with Crippen LogP contribution in [0.2, 0.25) is 0 Å². The third-order valence-corrected chi connectivity index (χ3v) is 4.53. The minimum absolute atomic E-state index is 0.0189. The van der Waals surface area contributed by atoms with Gasteiger partial charge in [0, 0.05) is 24.1 Å². The van der Waals surface area contributed by atoms with Crippen LogP contribution in [0.1, 0.15) is 29.5 Å². The molecule has 32 heavy (non-hydrogen) atoms. The summed E-state index contributed by atoms with van der Waals surface area (Å²) in [6, 6.07) is 20.9. The number of anilines is 1. The third-order valence-electron chi connectivity index (χ3n) is 4.53. The molecule has 3 aromatic carbocycles. The van der Waals surface area contributed by atoms with Crippen molar-refractivity contribution in [1.29, 1.82) is 0 Å². The lowest BCUT2D eigenvalue weighted by Gasteiger charge is -2.09. The number of amides is 2. The molecule has 3 aromatic rings. The number of carbonyl (C=O) groups excluding carboxylic acids is 2. The summed E-state index contributed by atoms with van der Waals surface area (Å²) < 4.78 is 18.8. The summed E-state index contributed by atoms with van der Waals surface area (Å²) >= 11 is 0. The maximum atomic E-state index is 12.9. The predicted octanol–water partition coefficient (Wildman–Crippen LogP) is 4.58. The second-order valence-electron chi connectivity index (χ2n) is 7.16. The first kappa shape index (κ1) is 22.7. The van der Waals surface area contributed by atoms with Gasteiger partial charge in [0.2, 0.25) is 11.8 Å². The Kier molecular flexibility index (Phi) is 8.09. The maximum absolute atomic E-state index is 12.9. The van der Waals surface area contributed by atoms with Crippen molar-refractivity contribution in [3.63, 3.8) is 0 Å². The summed E-state index contributed by atoms with van der Waals surface area (Å²) in [6.07, 6.45) is 1.45. The maximum Gasteiger partial charge on any atom is 0.240 e. The first-order valence-electron chi connectivity index (χ1n) is 10.1. The molecule has 7 heteroatoms. The van der Waals surface area contributed by atoms with E-state index in [1.807, 2.05) is 55.5 Å². The first-order valence-corrected chi connectivity index (χ1v) is 10.1. The number of halogens is 1. The zero-order chi connectivity index (χ0) is 22.8. The number of nitrogens with zero attached hydrogens (tertiary/aromatic N) is 1.